The summed E-state index contributed by atoms with van der Waals surface area (Å²) in [6.07, 6.45) is 6.10. The average Bonchev–Trinajstić information content (AvgIpc) is 2.93. The van der Waals surface area contributed by atoms with Crippen LogP contribution in [0.4, 0.5) is 5.69 Å². The highest BCUT2D eigenvalue weighted by Crippen LogP contribution is 2.50. The normalized spacial score (nSPS) is 23.1. The maximum Gasteiger partial charge on any atom is 0.325 e. The molecule has 0 saturated heterocycles. The van der Waals surface area contributed by atoms with E-state index in [-0.39, 0.29) is 11.5 Å². The Kier molecular flexibility index (Phi) is 3.92. The Balaban J connectivity index is 1.97. The quantitative estimate of drug-likeness (QED) is 0.790. The molecule has 1 saturated carbocycles. The molecule has 0 radical (unpaired) electrons. The van der Waals surface area contributed by atoms with Gasteiger partial charge in [-0.3, -0.25) is 4.79 Å². The van der Waals surface area contributed by atoms with E-state index in [4.69, 9.17) is 4.74 Å². The van der Waals surface area contributed by atoms with Crippen LogP contribution in [0, 0.1) is 0 Å². The molecule has 3 rings (SSSR count). The van der Waals surface area contributed by atoms with Gasteiger partial charge in [0.1, 0.15) is 6.54 Å². The van der Waals surface area contributed by atoms with Crippen LogP contribution < -0.4 is 4.90 Å². The summed E-state index contributed by atoms with van der Waals surface area (Å²) in [6.45, 7) is 5.03. The van der Waals surface area contributed by atoms with E-state index < -0.39 is 0 Å². The second-order valence-electron chi connectivity index (χ2n) is 6.49. The molecule has 0 amide bonds. The number of rotatable bonds is 3. The molecule has 1 fully saturated rings. The van der Waals surface area contributed by atoms with Crippen LogP contribution in [0.1, 0.15) is 57.4 Å². The number of ether oxygens (including phenoxy) is 1. The Bertz CT molecular complexity index is 520. The molecule has 2 aliphatic rings. The fraction of sp³-hybridized carbons (Fsp3) is 0.611. The standard InChI is InChI=1S/C18H25NO2/c1-3-21-17(20)13-19-16-9-5-4-8-15(16)14(2)12-18(19)10-6-7-11-18/h4-5,8-9,14H,3,6-7,10-13H2,1-2H3. The Labute approximate surface area is 127 Å². The predicted octanol–water partition coefficient (Wildman–Crippen LogP) is 3.88. The summed E-state index contributed by atoms with van der Waals surface area (Å²) in [5.41, 5.74) is 2.78. The van der Waals surface area contributed by atoms with E-state index >= 15 is 0 Å². The second-order valence-corrected chi connectivity index (χ2v) is 6.49. The summed E-state index contributed by atoms with van der Waals surface area (Å²) in [7, 11) is 0. The summed E-state index contributed by atoms with van der Waals surface area (Å²) in [6, 6.07) is 8.56. The lowest BCUT2D eigenvalue weighted by atomic mass is 9.77. The van der Waals surface area contributed by atoms with Crippen molar-refractivity contribution in [3.05, 3.63) is 29.8 Å². The van der Waals surface area contributed by atoms with Crippen molar-refractivity contribution in [3.8, 4) is 0 Å². The van der Waals surface area contributed by atoms with Crippen LogP contribution in [-0.2, 0) is 9.53 Å². The third-order valence-electron chi connectivity index (χ3n) is 5.14. The van der Waals surface area contributed by atoms with E-state index in [2.05, 4.69) is 36.1 Å². The van der Waals surface area contributed by atoms with Gasteiger partial charge in [-0.25, -0.2) is 0 Å². The number of hydrogen-bond donors (Lipinski definition) is 0. The third kappa shape index (κ3) is 2.54. The van der Waals surface area contributed by atoms with Gasteiger partial charge in [-0.2, -0.15) is 0 Å². The lowest BCUT2D eigenvalue weighted by Crippen LogP contribution is -2.53. The Morgan fingerprint density at radius 1 is 1.33 bits per heavy atom. The minimum atomic E-state index is -0.104. The van der Waals surface area contributed by atoms with Crippen LogP contribution in [0.2, 0.25) is 0 Å². The highest BCUT2D eigenvalue weighted by Gasteiger charge is 2.45. The van der Waals surface area contributed by atoms with Crippen LogP contribution in [0.25, 0.3) is 0 Å². The number of hydrogen-bond acceptors (Lipinski definition) is 3. The first-order chi connectivity index (χ1) is 10.2. The lowest BCUT2D eigenvalue weighted by molar-refractivity contribution is -0.141. The second kappa shape index (κ2) is 5.70. The lowest BCUT2D eigenvalue weighted by Gasteiger charge is -2.49. The Morgan fingerprint density at radius 3 is 2.76 bits per heavy atom. The zero-order valence-corrected chi connectivity index (χ0v) is 13.1. The first-order valence-corrected chi connectivity index (χ1v) is 8.18. The van der Waals surface area contributed by atoms with Crippen LogP contribution in [0.5, 0.6) is 0 Å². The van der Waals surface area contributed by atoms with Crippen molar-refractivity contribution in [1.82, 2.24) is 0 Å². The number of esters is 1. The van der Waals surface area contributed by atoms with Gasteiger partial charge in [0.05, 0.1) is 6.61 Å². The molecular formula is C18H25NO2. The van der Waals surface area contributed by atoms with Gasteiger partial charge in [-0.15, -0.1) is 0 Å². The fourth-order valence-corrected chi connectivity index (χ4v) is 4.29. The molecule has 3 nitrogen and oxygen atoms in total. The molecule has 21 heavy (non-hydrogen) atoms. The summed E-state index contributed by atoms with van der Waals surface area (Å²) in [5, 5.41) is 0. The van der Waals surface area contributed by atoms with Crippen molar-refractivity contribution in [2.45, 2.75) is 57.4 Å². The first-order valence-electron chi connectivity index (χ1n) is 8.18. The summed E-state index contributed by atoms with van der Waals surface area (Å²) >= 11 is 0. The van der Waals surface area contributed by atoms with Gasteiger partial charge < -0.3 is 9.64 Å². The maximum atomic E-state index is 12.1. The molecule has 0 N–H and O–H groups in total. The molecule has 1 aliphatic heterocycles. The van der Waals surface area contributed by atoms with Gasteiger partial charge in [-0.05, 0) is 43.7 Å². The molecular weight excluding hydrogens is 262 g/mol. The molecule has 1 aliphatic carbocycles. The van der Waals surface area contributed by atoms with Crippen molar-refractivity contribution in [2.75, 3.05) is 18.1 Å². The number of fused-ring (bicyclic) bond motifs is 1. The van der Waals surface area contributed by atoms with Crippen LogP contribution in [-0.4, -0.2) is 24.7 Å². The minimum absolute atomic E-state index is 0.104. The molecule has 1 atom stereocenters. The Morgan fingerprint density at radius 2 is 2.05 bits per heavy atom. The number of anilines is 1. The third-order valence-corrected chi connectivity index (χ3v) is 5.14. The highest BCUT2D eigenvalue weighted by atomic mass is 16.5. The van der Waals surface area contributed by atoms with E-state index in [0.717, 1.165) is 6.42 Å². The molecule has 114 valence electrons. The van der Waals surface area contributed by atoms with Crippen LogP contribution in [0.15, 0.2) is 24.3 Å². The predicted molar refractivity (Wildman–Crippen MR) is 84.7 cm³/mol. The van der Waals surface area contributed by atoms with Gasteiger partial charge in [0.25, 0.3) is 0 Å². The Hall–Kier alpha value is -1.51. The van der Waals surface area contributed by atoms with Crippen molar-refractivity contribution in [2.24, 2.45) is 0 Å². The zero-order valence-electron chi connectivity index (χ0n) is 13.1. The maximum absolute atomic E-state index is 12.1. The van der Waals surface area contributed by atoms with Gasteiger partial charge in [0.15, 0.2) is 0 Å². The number of para-hydroxylation sites is 1. The van der Waals surface area contributed by atoms with E-state index in [1.54, 1.807) is 0 Å². The monoisotopic (exact) mass is 287 g/mol. The van der Waals surface area contributed by atoms with E-state index in [1.807, 2.05) is 6.92 Å². The highest BCUT2D eigenvalue weighted by molar-refractivity contribution is 5.78. The molecule has 3 heteroatoms. The summed E-state index contributed by atoms with van der Waals surface area (Å²) in [5.74, 6) is 0.464. The number of carbonyl (C=O) groups is 1. The minimum Gasteiger partial charge on any atom is -0.465 e. The molecule has 0 aromatic heterocycles. The summed E-state index contributed by atoms with van der Waals surface area (Å²) in [4.78, 5) is 14.4. The number of nitrogens with zero attached hydrogens (tertiary/aromatic N) is 1. The van der Waals surface area contributed by atoms with Crippen molar-refractivity contribution >= 4 is 11.7 Å². The molecule has 1 unspecified atom stereocenters. The van der Waals surface area contributed by atoms with Gasteiger partial charge in [0, 0.05) is 11.2 Å². The van der Waals surface area contributed by atoms with E-state index in [0.29, 0.717) is 19.1 Å². The summed E-state index contributed by atoms with van der Waals surface area (Å²) < 4.78 is 5.21. The van der Waals surface area contributed by atoms with Crippen LogP contribution in [0.3, 0.4) is 0 Å². The average molecular weight is 287 g/mol. The fourth-order valence-electron chi connectivity index (χ4n) is 4.29. The largest absolute Gasteiger partial charge is 0.465 e. The molecule has 1 heterocycles. The van der Waals surface area contributed by atoms with Gasteiger partial charge >= 0.3 is 5.97 Å². The zero-order chi connectivity index (χ0) is 14.9. The van der Waals surface area contributed by atoms with Gasteiger partial charge in [-0.1, -0.05) is 38.0 Å². The van der Waals surface area contributed by atoms with E-state index in [9.17, 15) is 4.79 Å². The van der Waals surface area contributed by atoms with Crippen molar-refractivity contribution in [3.63, 3.8) is 0 Å². The molecule has 1 aromatic carbocycles. The van der Waals surface area contributed by atoms with Crippen molar-refractivity contribution in [1.29, 1.82) is 0 Å². The molecule has 1 aromatic rings. The smallest absolute Gasteiger partial charge is 0.325 e. The number of benzene rings is 1. The van der Waals surface area contributed by atoms with Crippen LogP contribution >= 0.6 is 0 Å². The molecule has 0 bridgehead atoms. The van der Waals surface area contributed by atoms with E-state index in [1.165, 1.54) is 36.9 Å². The van der Waals surface area contributed by atoms with Crippen molar-refractivity contribution < 1.29 is 9.53 Å². The topological polar surface area (TPSA) is 29.5 Å². The SMILES string of the molecule is CCOC(=O)CN1c2ccccc2C(C)CC12CCCC2. The first kappa shape index (κ1) is 14.4. The molecule has 1 spiro atoms. The van der Waals surface area contributed by atoms with Gasteiger partial charge in [0.2, 0.25) is 0 Å². The number of carbonyl (C=O) groups excluding carboxylic acids is 1.